The molecule has 0 aliphatic rings. The van der Waals surface area contributed by atoms with Crippen molar-refractivity contribution in [3.63, 3.8) is 0 Å². The summed E-state index contributed by atoms with van der Waals surface area (Å²) in [6.07, 6.45) is 0.803. The number of carbonyl (C=O) groups excluding carboxylic acids is 1. The van der Waals surface area contributed by atoms with Crippen LogP contribution in [0.2, 0.25) is 0 Å². The molecule has 0 atom stereocenters. The summed E-state index contributed by atoms with van der Waals surface area (Å²) >= 11 is 0. The molecule has 1 aromatic rings. The molecule has 3 heteroatoms. The number of aliphatic hydroxyl groups is 1. The predicted octanol–water partition coefficient (Wildman–Crippen LogP) is 3.05. The van der Waals surface area contributed by atoms with E-state index in [0.29, 0.717) is 24.2 Å². The van der Waals surface area contributed by atoms with Crippen LogP contribution in [0.1, 0.15) is 48.2 Å². The number of hydrogen-bond acceptors (Lipinski definition) is 3. The van der Waals surface area contributed by atoms with Gasteiger partial charge in [-0.1, -0.05) is 19.9 Å². The number of carbonyl (C=O) groups is 1. The molecule has 0 aliphatic heterocycles. The van der Waals surface area contributed by atoms with Crippen molar-refractivity contribution < 1.29 is 14.6 Å². The highest BCUT2D eigenvalue weighted by Gasteiger charge is 2.35. The van der Waals surface area contributed by atoms with Crippen LogP contribution in [0.4, 0.5) is 0 Å². The first-order valence-electron chi connectivity index (χ1n) is 6.32. The summed E-state index contributed by atoms with van der Waals surface area (Å²) in [5, 5.41) is 10.4. The monoisotopic (exact) mass is 250 g/mol. The van der Waals surface area contributed by atoms with Gasteiger partial charge in [0.2, 0.25) is 0 Å². The molecule has 0 saturated carbocycles. The lowest BCUT2D eigenvalue weighted by Gasteiger charge is -2.25. The predicted molar refractivity (Wildman–Crippen MR) is 72.3 cm³/mol. The minimum Gasteiger partial charge on any atom is -0.496 e. The summed E-state index contributed by atoms with van der Waals surface area (Å²) in [4.78, 5) is 12.5. The molecule has 18 heavy (non-hydrogen) atoms. The van der Waals surface area contributed by atoms with Gasteiger partial charge in [0.25, 0.3) is 0 Å². The number of ketones is 1. The second-order valence-electron chi connectivity index (χ2n) is 4.73. The molecule has 100 valence electrons. The Morgan fingerprint density at radius 2 is 1.83 bits per heavy atom. The Kier molecular flexibility index (Phi) is 4.52. The van der Waals surface area contributed by atoms with E-state index in [1.54, 1.807) is 7.11 Å². The Morgan fingerprint density at radius 1 is 1.28 bits per heavy atom. The van der Waals surface area contributed by atoms with Crippen LogP contribution < -0.4 is 4.74 Å². The summed E-state index contributed by atoms with van der Waals surface area (Å²) in [5.41, 5.74) is 1.08. The maximum absolute atomic E-state index is 12.5. The fraction of sp³-hybridized carbons (Fsp3) is 0.533. The summed E-state index contributed by atoms with van der Waals surface area (Å²) < 4.78 is 5.28. The van der Waals surface area contributed by atoms with Crippen LogP contribution in [0.25, 0.3) is 0 Å². The Balaban J connectivity index is 3.37. The third-order valence-electron chi connectivity index (χ3n) is 3.48. The third-order valence-corrected chi connectivity index (χ3v) is 3.48. The fourth-order valence-electron chi connectivity index (χ4n) is 2.18. The van der Waals surface area contributed by atoms with Crippen molar-refractivity contribution in [3.05, 3.63) is 28.8 Å². The van der Waals surface area contributed by atoms with Gasteiger partial charge in [-0.3, -0.25) is 4.79 Å². The van der Waals surface area contributed by atoms with E-state index in [9.17, 15) is 9.90 Å². The Hall–Kier alpha value is -1.35. The summed E-state index contributed by atoms with van der Waals surface area (Å²) in [7, 11) is 1.54. The Labute approximate surface area is 109 Å². The standard InChI is InChI=1S/C15H22O3/c1-6-15(17,7-2)14(16)13-11(4)8-10(3)9-12(13)18-5/h8-9,17H,6-7H2,1-5H3. The number of aryl methyl sites for hydroxylation is 2. The van der Waals surface area contributed by atoms with Gasteiger partial charge >= 0.3 is 0 Å². The Morgan fingerprint density at radius 3 is 2.28 bits per heavy atom. The van der Waals surface area contributed by atoms with E-state index in [-0.39, 0.29) is 5.78 Å². The molecule has 0 aromatic heterocycles. The zero-order valence-electron chi connectivity index (χ0n) is 11.8. The van der Waals surface area contributed by atoms with E-state index in [1.165, 1.54) is 0 Å². The van der Waals surface area contributed by atoms with Crippen LogP contribution in [0.3, 0.4) is 0 Å². The normalized spacial score (nSPS) is 11.4. The van der Waals surface area contributed by atoms with Gasteiger partial charge in [-0.2, -0.15) is 0 Å². The number of benzene rings is 1. The SMILES string of the molecule is CCC(O)(CC)C(=O)c1c(C)cc(C)cc1OC. The van der Waals surface area contributed by atoms with Crippen LogP contribution in [0.15, 0.2) is 12.1 Å². The van der Waals surface area contributed by atoms with Gasteiger partial charge in [-0.25, -0.2) is 0 Å². The highest BCUT2D eigenvalue weighted by molar-refractivity contribution is 6.05. The van der Waals surface area contributed by atoms with Gasteiger partial charge in [-0.15, -0.1) is 0 Å². The first-order chi connectivity index (χ1) is 8.39. The molecule has 1 N–H and O–H groups in total. The molecular formula is C15H22O3. The van der Waals surface area contributed by atoms with E-state index in [1.807, 2.05) is 39.8 Å². The maximum atomic E-state index is 12.5. The number of methoxy groups -OCH3 is 1. The van der Waals surface area contributed by atoms with Crippen molar-refractivity contribution >= 4 is 5.78 Å². The smallest absolute Gasteiger partial charge is 0.198 e. The van der Waals surface area contributed by atoms with Gasteiger partial charge in [0.1, 0.15) is 11.4 Å². The van der Waals surface area contributed by atoms with Gasteiger partial charge < -0.3 is 9.84 Å². The maximum Gasteiger partial charge on any atom is 0.198 e. The molecular weight excluding hydrogens is 228 g/mol. The number of Topliss-reactive ketones (excluding diaryl/α,β-unsaturated/α-hetero) is 1. The molecule has 0 spiro atoms. The molecule has 1 aromatic carbocycles. The average Bonchev–Trinajstić information content (AvgIpc) is 2.36. The van der Waals surface area contributed by atoms with Crippen molar-refractivity contribution in [2.75, 3.05) is 7.11 Å². The summed E-state index contributed by atoms with van der Waals surface area (Å²) in [6.45, 7) is 7.46. The van der Waals surface area contributed by atoms with Gasteiger partial charge in [0.05, 0.1) is 12.7 Å². The molecule has 0 saturated heterocycles. The zero-order valence-corrected chi connectivity index (χ0v) is 11.8. The molecule has 0 aliphatic carbocycles. The minimum absolute atomic E-state index is 0.248. The number of ether oxygens (including phenoxy) is 1. The van der Waals surface area contributed by atoms with Crippen LogP contribution in [0.5, 0.6) is 5.75 Å². The topological polar surface area (TPSA) is 46.5 Å². The molecule has 0 radical (unpaired) electrons. The first kappa shape index (κ1) is 14.7. The molecule has 0 bridgehead atoms. The third kappa shape index (κ3) is 2.56. The quantitative estimate of drug-likeness (QED) is 0.817. The van der Waals surface area contributed by atoms with Crippen LogP contribution in [-0.4, -0.2) is 23.6 Å². The van der Waals surface area contributed by atoms with Crippen molar-refractivity contribution in [1.29, 1.82) is 0 Å². The second kappa shape index (κ2) is 5.53. The largest absolute Gasteiger partial charge is 0.496 e. The van der Waals surface area contributed by atoms with Crippen molar-refractivity contribution in [1.82, 2.24) is 0 Å². The summed E-state index contributed by atoms with van der Waals surface area (Å²) in [5.74, 6) is 0.291. The van der Waals surface area contributed by atoms with E-state index < -0.39 is 5.60 Å². The van der Waals surface area contributed by atoms with E-state index >= 15 is 0 Å². The molecule has 3 nitrogen and oxygen atoms in total. The lowest BCUT2D eigenvalue weighted by molar-refractivity contribution is 0.0274. The van der Waals surface area contributed by atoms with Gasteiger partial charge in [-0.05, 0) is 43.9 Å². The number of rotatable bonds is 5. The second-order valence-corrected chi connectivity index (χ2v) is 4.73. The fourth-order valence-corrected chi connectivity index (χ4v) is 2.18. The molecule has 0 unspecified atom stereocenters. The van der Waals surface area contributed by atoms with Gasteiger partial charge in [0, 0.05) is 0 Å². The molecule has 0 amide bonds. The highest BCUT2D eigenvalue weighted by Crippen LogP contribution is 2.30. The van der Waals surface area contributed by atoms with E-state index in [4.69, 9.17) is 4.74 Å². The highest BCUT2D eigenvalue weighted by atomic mass is 16.5. The number of hydrogen-bond donors (Lipinski definition) is 1. The first-order valence-corrected chi connectivity index (χ1v) is 6.32. The van der Waals surface area contributed by atoms with Crippen molar-refractivity contribution in [2.45, 2.75) is 46.1 Å². The summed E-state index contributed by atoms with van der Waals surface area (Å²) in [6, 6.07) is 3.76. The van der Waals surface area contributed by atoms with Crippen molar-refractivity contribution in [2.24, 2.45) is 0 Å². The van der Waals surface area contributed by atoms with Crippen LogP contribution >= 0.6 is 0 Å². The minimum atomic E-state index is -1.30. The molecule has 0 fully saturated rings. The van der Waals surface area contributed by atoms with Crippen LogP contribution in [0, 0.1) is 13.8 Å². The molecule has 0 heterocycles. The van der Waals surface area contributed by atoms with Crippen molar-refractivity contribution in [3.8, 4) is 5.75 Å². The van der Waals surface area contributed by atoms with Crippen LogP contribution in [-0.2, 0) is 0 Å². The van der Waals surface area contributed by atoms with E-state index in [2.05, 4.69) is 0 Å². The average molecular weight is 250 g/mol. The molecule has 1 rings (SSSR count). The lowest BCUT2D eigenvalue weighted by atomic mass is 9.85. The Bertz CT molecular complexity index is 445. The lowest BCUT2D eigenvalue weighted by Crippen LogP contribution is -2.37. The van der Waals surface area contributed by atoms with E-state index in [0.717, 1.165) is 11.1 Å². The zero-order chi connectivity index (χ0) is 13.9. The van der Waals surface area contributed by atoms with Gasteiger partial charge in [0.15, 0.2) is 5.78 Å².